The van der Waals surface area contributed by atoms with E-state index in [2.05, 4.69) is 20.6 Å². The number of halogens is 5. The van der Waals surface area contributed by atoms with Gasteiger partial charge in [0.1, 0.15) is 6.33 Å². The molecule has 0 aliphatic heterocycles. The number of aromatic nitrogens is 2. The molecule has 0 saturated heterocycles. The van der Waals surface area contributed by atoms with Crippen molar-refractivity contribution in [2.45, 2.75) is 6.18 Å². The van der Waals surface area contributed by atoms with E-state index in [9.17, 15) is 23.3 Å². The van der Waals surface area contributed by atoms with Gasteiger partial charge in [-0.3, -0.25) is 10.1 Å². The van der Waals surface area contributed by atoms with E-state index in [0.717, 1.165) is 18.5 Å². The Morgan fingerprint density at radius 1 is 0.966 bits per heavy atom. The van der Waals surface area contributed by atoms with Gasteiger partial charge in [-0.25, -0.2) is 9.97 Å². The first-order valence-electron chi connectivity index (χ1n) is 7.81. The van der Waals surface area contributed by atoms with Crippen LogP contribution in [0.2, 0.25) is 10.0 Å². The Kier molecular flexibility index (Phi) is 5.76. The fourth-order valence-electron chi connectivity index (χ4n) is 2.39. The first kappa shape index (κ1) is 20.6. The Bertz CT molecular complexity index is 1080. The molecule has 0 fully saturated rings. The van der Waals surface area contributed by atoms with Crippen molar-refractivity contribution < 1.29 is 18.1 Å². The highest BCUT2D eigenvalue weighted by molar-refractivity contribution is 6.31. The lowest BCUT2D eigenvalue weighted by molar-refractivity contribution is -0.383. The molecule has 0 aliphatic carbocycles. The van der Waals surface area contributed by atoms with Crippen molar-refractivity contribution in [3.8, 4) is 0 Å². The van der Waals surface area contributed by atoms with Gasteiger partial charge < -0.3 is 10.6 Å². The van der Waals surface area contributed by atoms with Crippen LogP contribution in [0.3, 0.4) is 0 Å². The lowest BCUT2D eigenvalue weighted by atomic mass is 10.2. The number of hydrogen-bond acceptors (Lipinski definition) is 6. The Hall–Kier alpha value is -3.11. The van der Waals surface area contributed by atoms with E-state index in [1.807, 2.05) is 0 Å². The average molecular weight is 444 g/mol. The lowest BCUT2D eigenvalue weighted by Gasteiger charge is -2.13. The minimum absolute atomic E-state index is 0.0859. The maximum Gasteiger partial charge on any atom is 0.417 e. The molecular formula is C17H10Cl2F3N5O2. The van der Waals surface area contributed by atoms with E-state index < -0.39 is 27.4 Å². The lowest BCUT2D eigenvalue weighted by Crippen LogP contribution is -2.08. The van der Waals surface area contributed by atoms with Gasteiger partial charge in [-0.15, -0.1) is 0 Å². The molecule has 0 aliphatic rings. The summed E-state index contributed by atoms with van der Waals surface area (Å²) in [5.74, 6) is -0.468. The quantitative estimate of drug-likeness (QED) is 0.360. The molecule has 2 aromatic carbocycles. The molecule has 0 spiro atoms. The molecular weight excluding hydrogens is 434 g/mol. The van der Waals surface area contributed by atoms with Crippen LogP contribution < -0.4 is 10.6 Å². The van der Waals surface area contributed by atoms with Crippen molar-refractivity contribution in [2.24, 2.45) is 0 Å². The summed E-state index contributed by atoms with van der Waals surface area (Å²) in [5, 5.41) is 16.7. The first-order chi connectivity index (χ1) is 13.6. The van der Waals surface area contributed by atoms with Crippen molar-refractivity contribution in [2.75, 3.05) is 10.6 Å². The molecule has 1 aromatic heterocycles. The maximum atomic E-state index is 13.0. The third kappa shape index (κ3) is 4.84. The SMILES string of the molecule is O=[N+]([O-])c1c(Nc2cccc(Cl)c2)ncnc1Nc1ccc(Cl)c(C(F)(F)F)c1. The Balaban J connectivity index is 1.99. The van der Waals surface area contributed by atoms with Crippen LogP contribution in [0.1, 0.15) is 5.56 Å². The standard InChI is InChI=1S/C17H10Cl2F3N5O2/c18-9-2-1-3-10(6-9)25-15-14(27(28)29)16(24-8-23-15)26-11-4-5-13(19)12(7-11)17(20,21)22/h1-8H,(H2,23,24,25,26). The van der Waals surface area contributed by atoms with Crippen LogP contribution in [0.15, 0.2) is 48.8 Å². The van der Waals surface area contributed by atoms with E-state index in [-0.39, 0.29) is 17.3 Å². The number of nitro groups is 1. The van der Waals surface area contributed by atoms with E-state index in [1.54, 1.807) is 18.2 Å². The average Bonchev–Trinajstić information content (AvgIpc) is 2.62. The number of anilines is 4. The Morgan fingerprint density at radius 2 is 1.59 bits per heavy atom. The smallest absolute Gasteiger partial charge is 0.334 e. The second-order valence-corrected chi connectivity index (χ2v) is 6.47. The number of alkyl halides is 3. The van der Waals surface area contributed by atoms with Crippen molar-refractivity contribution in [3.05, 3.63) is 74.5 Å². The van der Waals surface area contributed by atoms with Gasteiger partial charge in [-0.2, -0.15) is 13.2 Å². The zero-order chi connectivity index (χ0) is 21.2. The number of nitrogens with zero attached hydrogens (tertiary/aromatic N) is 3. The van der Waals surface area contributed by atoms with E-state index in [4.69, 9.17) is 23.2 Å². The van der Waals surface area contributed by atoms with Gasteiger partial charge in [0.15, 0.2) is 0 Å². The minimum Gasteiger partial charge on any atom is -0.334 e. The minimum atomic E-state index is -4.69. The fourth-order valence-corrected chi connectivity index (χ4v) is 2.81. The van der Waals surface area contributed by atoms with Crippen molar-refractivity contribution in [1.82, 2.24) is 9.97 Å². The summed E-state index contributed by atoms with van der Waals surface area (Å²) in [5.41, 5.74) is -1.30. The van der Waals surface area contributed by atoms with Crippen LogP contribution in [0.4, 0.5) is 41.9 Å². The third-order valence-corrected chi connectivity index (χ3v) is 4.19. The molecule has 0 radical (unpaired) electrons. The molecule has 1 heterocycles. The highest BCUT2D eigenvalue weighted by Crippen LogP contribution is 2.38. The number of rotatable bonds is 5. The van der Waals surface area contributed by atoms with E-state index in [1.165, 1.54) is 12.1 Å². The summed E-state index contributed by atoms with van der Waals surface area (Å²) in [7, 11) is 0. The molecule has 0 unspecified atom stereocenters. The molecule has 3 aromatic rings. The Morgan fingerprint density at radius 3 is 2.14 bits per heavy atom. The molecule has 12 heteroatoms. The topological polar surface area (TPSA) is 93.0 Å². The summed E-state index contributed by atoms with van der Waals surface area (Å²) >= 11 is 11.5. The molecule has 29 heavy (non-hydrogen) atoms. The maximum absolute atomic E-state index is 13.0. The van der Waals surface area contributed by atoms with Crippen LogP contribution in [0, 0.1) is 10.1 Å². The van der Waals surface area contributed by atoms with Crippen molar-refractivity contribution >= 4 is 51.9 Å². The Labute approximate surface area is 171 Å². The number of benzene rings is 2. The van der Waals surface area contributed by atoms with Crippen molar-refractivity contribution in [3.63, 3.8) is 0 Å². The predicted molar refractivity (Wildman–Crippen MR) is 103 cm³/mol. The van der Waals surface area contributed by atoms with Gasteiger partial charge >= 0.3 is 11.9 Å². The normalized spacial score (nSPS) is 11.2. The van der Waals surface area contributed by atoms with Gasteiger partial charge in [0.25, 0.3) is 0 Å². The number of nitrogens with one attached hydrogen (secondary N) is 2. The van der Waals surface area contributed by atoms with Crippen LogP contribution >= 0.6 is 23.2 Å². The molecule has 0 amide bonds. The predicted octanol–water partition coefficient (Wildman–Crippen LogP) is 6.20. The molecule has 0 atom stereocenters. The first-order valence-corrected chi connectivity index (χ1v) is 8.56. The van der Waals surface area contributed by atoms with E-state index in [0.29, 0.717) is 10.7 Å². The zero-order valence-corrected chi connectivity index (χ0v) is 15.7. The van der Waals surface area contributed by atoms with Crippen LogP contribution in [-0.2, 0) is 6.18 Å². The molecule has 2 N–H and O–H groups in total. The molecule has 3 rings (SSSR count). The zero-order valence-electron chi connectivity index (χ0n) is 14.2. The second-order valence-electron chi connectivity index (χ2n) is 5.63. The van der Waals surface area contributed by atoms with Crippen molar-refractivity contribution in [1.29, 1.82) is 0 Å². The van der Waals surface area contributed by atoms with Gasteiger partial charge in [0.2, 0.25) is 11.6 Å². The van der Waals surface area contributed by atoms with Crippen LogP contribution in [0.5, 0.6) is 0 Å². The fraction of sp³-hybridized carbons (Fsp3) is 0.0588. The van der Waals surface area contributed by atoms with Gasteiger partial charge in [-0.1, -0.05) is 29.3 Å². The molecule has 150 valence electrons. The van der Waals surface area contributed by atoms with Crippen LogP contribution in [0.25, 0.3) is 0 Å². The largest absolute Gasteiger partial charge is 0.417 e. The highest BCUT2D eigenvalue weighted by atomic mass is 35.5. The summed E-state index contributed by atoms with van der Waals surface area (Å²) < 4.78 is 39.1. The van der Waals surface area contributed by atoms with Gasteiger partial charge in [0, 0.05) is 16.4 Å². The summed E-state index contributed by atoms with van der Waals surface area (Å²) in [6, 6.07) is 9.39. The molecule has 0 saturated carbocycles. The molecule has 0 bridgehead atoms. The summed E-state index contributed by atoms with van der Waals surface area (Å²) in [6.45, 7) is 0. The van der Waals surface area contributed by atoms with E-state index >= 15 is 0 Å². The second kappa shape index (κ2) is 8.10. The summed E-state index contributed by atoms with van der Waals surface area (Å²) in [6.07, 6.45) is -3.66. The van der Waals surface area contributed by atoms with Crippen LogP contribution in [-0.4, -0.2) is 14.9 Å². The van der Waals surface area contributed by atoms with Gasteiger partial charge in [-0.05, 0) is 36.4 Å². The number of hydrogen-bond donors (Lipinski definition) is 2. The highest BCUT2D eigenvalue weighted by Gasteiger charge is 2.33. The van der Waals surface area contributed by atoms with Gasteiger partial charge in [0.05, 0.1) is 15.5 Å². The summed E-state index contributed by atoms with van der Waals surface area (Å²) in [4.78, 5) is 18.5. The monoisotopic (exact) mass is 443 g/mol. The molecule has 7 nitrogen and oxygen atoms in total. The third-order valence-electron chi connectivity index (χ3n) is 3.63.